The number of esters is 2. The summed E-state index contributed by atoms with van der Waals surface area (Å²) < 4.78 is 16.7. The summed E-state index contributed by atoms with van der Waals surface area (Å²) in [6.07, 6.45) is 1.55. The first kappa shape index (κ1) is 23.1. The number of ether oxygens (including phenoxy) is 2. The zero-order chi connectivity index (χ0) is 23.3. The third-order valence-electron chi connectivity index (χ3n) is 4.37. The van der Waals surface area contributed by atoms with Crippen LogP contribution in [0.3, 0.4) is 0 Å². The molecule has 10 nitrogen and oxygen atoms in total. The van der Waals surface area contributed by atoms with Gasteiger partial charge in [0.2, 0.25) is 11.7 Å². The SMILES string of the molecule is COC(=O)c1ccc(C(=O)OC)c(NC(=O)CSc2nnc(-c3ccco3)n2C(C)C)c1. The Morgan fingerprint density at radius 3 is 2.50 bits per heavy atom. The first-order valence-electron chi connectivity index (χ1n) is 9.57. The van der Waals surface area contributed by atoms with Crippen LogP contribution in [0.4, 0.5) is 5.69 Å². The molecule has 1 N–H and O–H groups in total. The van der Waals surface area contributed by atoms with Crippen LogP contribution in [0, 0.1) is 0 Å². The van der Waals surface area contributed by atoms with E-state index >= 15 is 0 Å². The number of aromatic nitrogens is 3. The van der Waals surface area contributed by atoms with Crippen molar-refractivity contribution in [2.24, 2.45) is 0 Å². The van der Waals surface area contributed by atoms with Crippen LogP contribution in [0.5, 0.6) is 0 Å². The van der Waals surface area contributed by atoms with Crippen LogP contribution in [0.25, 0.3) is 11.6 Å². The number of rotatable bonds is 8. The van der Waals surface area contributed by atoms with E-state index in [9.17, 15) is 14.4 Å². The maximum atomic E-state index is 12.6. The van der Waals surface area contributed by atoms with Gasteiger partial charge in [-0.1, -0.05) is 11.8 Å². The molecule has 1 aromatic carbocycles. The Morgan fingerprint density at radius 1 is 1.12 bits per heavy atom. The van der Waals surface area contributed by atoms with Crippen molar-refractivity contribution in [3.63, 3.8) is 0 Å². The van der Waals surface area contributed by atoms with Crippen molar-refractivity contribution in [2.45, 2.75) is 25.0 Å². The average molecular weight is 458 g/mol. The van der Waals surface area contributed by atoms with Gasteiger partial charge in [-0.25, -0.2) is 9.59 Å². The smallest absolute Gasteiger partial charge is 0.339 e. The predicted octanol–water partition coefficient (Wildman–Crippen LogP) is 3.42. The summed E-state index contributed by atoms with van der Waals surface area (Å²) in [5.74, 6) is -0.517. The van der Waals surface area contributed by atoms with E-state index in [-0.39, 0.29) is 28.6 Å². The van der Waals surface area contributed by atoms with E-state index in [0.717, 1.165) is 0 Å². The van der Waals surface area contributed by atoms with Crippen molar-refractivity contribution in [1.29, 1.82) is 0 Å². The van der Waals surface area contributed by atoms with Crippen LogP contribution >= 0.6 is 11.8 Å². The molecule has 2 aromatic heterocycles. The van der Waals surface area contributed by atoms with E-state index in [0.29, 0.717) is 16.7 Å². The Morgan fingerprint density at radius 2 is 1.88 bits per heavy atom. The van der Waals surface area contributed by atoms with Crippen LogP contribution in [0.1, 0.15) is 40.6 Å². The third-order valence-corrected chi connectivity index (χ3v) is 5.32. The van der Waals surface area contributed by atoms with E-state index in [1.54, 1.807) is 18.4 Å². The normalized spacial score (nSPS) is 10.8. The summed E-state index contributed by atoms with van der Waals surface area (Å²) in [4.78, 5) is 36.5. The van der Waals surface area contributed by atoms with Gasteiger partial charge in [0.05, 0.1) is 43.0 Å². The molecule has 3 aromatic rings. The number of hydrogen-bond donors (Lipinski definition) is 1. The Hall–Kier alpha value is -3.60. The lowest BCUT2D eigenvalue weighted by molar-refractivity contribution is -0.113. The quantitative estimate of drug-likeness (QED) is 0.399. The molecule has 2 heterocycles. The maximum Gasteiger partial charge on any atom is 0.339 e. The number of anilines is 1. The summed E-state index contributed by atoms with van der Waals surface area (Å²) in [6.45, 7) is 3.95. The minimum absolute atomic E-state index is 0.00786. The molecule has 3 rings (SSSR count). The van der Waals surface area contributed by atoms with Crippen molar-refractivity contribution in [3.05, 3.63) is 47.7 Å². The second kappa shape index (κ2) is 10.1. The second-order valence-electron chi connectivity index (χ2n) is 6.83. The summed E-state index contributed by atoms with van der Waals surface area (Å²) in [5.41, 5.74) is 0.446. The van der Waals surface area contributed by atoms with Gasteiger partial charge in [-0.3, -0.25) is 9.36 Å². The minimum Gasteiger partial charge on any atom is -0.465 e. The number of carbonyl (C=O) groups is 3. The van der Waals surface area contributed by atoms with E-state index in [1.807, 2.05) is 18.4 Å². The fraction of sp³-hybridized carbons (Fsp3) is 0.286. The highest BCUT2D eigenvalue weighted by atomic mass is 32.2. The van der Waals surface area contributed by atoms with Gasteiger partial charge in [-0.2, -0.15) is 0 Å². The van der Waals surface area contributed by atoms with Crippen LogP contribution < -0.4 is 5.32 Å². The van der Waals surface area contributed by atoms with Crippen LogP contribution in [-0.4, -0.2) is 52.6 Å². The molecule has 0 bridgehead atoms. The molecule has 0 radical (unpaired) electrons. The number of nitrogens with zero attached hydrogens (tertiary/aromatic N) is 3. The molecule has 0 saturated heterocycles. The topological polar surface area (TPSA) is 126 Å². The molecular weight excluding hydrogens is 436 g/mol. The lowest BCUT2D eigenvalue weighted by Gasteiger charge is -2.13. The summed E-state index contributed by atoms with van der Waals surface area (Å²) in [6, 6.07) is 7.75. The molecular formula is C21H22N4O6S. The molecule has 0 aliphatic carbocycles. The van der Waals surface area contributed by atoms with Gasteiger partial charge in [0.15, 0.2) is 10.9 Å². The first-order chi connectivity index (χ1) is 15.3. The zero-order valence-electron chi connectivity index (χ0n) is 17.9. The van der Waals surface area contributed by atoms with E-state index in [1.165, 1.54) is 44.2 Å². The molecule has 32 heavy (non-hydrogen) atoms. The molecule has 0 saturated carbocycles. The van der Waals surface area contributed by atoms with Gasteiger partial charge in [0, 0.05) is 6.04 Å². The van der Waals surface area contributed by atoms with Crippen molar-refractivity contribution >= 4 is 35.3 Å². The number of furan rings is 1. The van der Waals surface area contributed by atoms with Crippen molar-refractivity contribution in [1.82, 2.24) is 14.8 Å². The number of benzene rings is 1. The first-order valence-corrected chi connectivity index (χ1v) is 10.6. The summed E-state index contributed by atoms with van der Waals surface area (Å²) in [5, 5.41) is 11.6. The Bertz CT molecular complexity index is 1120. The number of hydrogen-bond acceptors (Lipinski definition) is 9. The molecule has 0 unspecified atom stereocenters. The van der Waals surface area contributed by atoms with E-state index in [4.69, 9.17) is 13.9 Å². The highest BCUT2D eigenvalue weighted by molar-refractivity contribution is 7.99. The monoisotopic (exact) mass is 458 g/mol. The fourth-order valence-corrected chi connectivity index (χ4v) is 3.78. The standard InChI is InChI=1S/C21H22N4O6S/c1-12(2)25-18(16-6-5-9-31-16)23-24-21(25)32-11-17(26)22-15-10-13(19(27)29-3)7-8-14(15)20(28)30-4/h5-10,12H,11H2,1-4H3,(H,22,26). The number of thioether (sulfide) groups is 1. The van der Waals surface area contributed by atoms with Crippen molar-refractivity contribution in [3.8, 4) is 11.6 Å². The maximum absolute atomic E-state index is 12.6. The van der Waals surface area contributed by atoms with Crippen molar-refractivity contribution < 1.29 is 28.3 Å². The number of carbonyl (C=O) groups excluding carboxylic acids is 3. The molecule has 0 spiro atoms. The molecule has 0 fully saturated rings. The highest BCUT2D eigenvalue weighted by Gasteiger charge is 2.21. The van der Waals surface area contributed by atoms with Gasteiger partial charge in [-0.15, -0.1) is 10.2 Å². The Balaban J connectivity index is 1.78. The predicted molar refractivity (Wildman–Crippen MR) is 117 cm³/mol. The lowest BCUT2D eigenvalue weighted by atomic mass is 10.1. The largest absolute Gasteiger partial charge is 0.465 e. The van der Waals surface area contributed by atoms with Crippen molar-refractivity contribution in [2.75, 3.05) is 25.3 Å². The van der Waals surface area contributed by atoms with Crippen LogP contribution in [0.15, 0.2) is 46.2 Å². The van der Waals surface area contributed by atoms with E-state index in [2.05, 4.69) is 15.5 Å². The molecule has 1 amide bonds. The number of amides is 1. The van der Waals surface area contributed by atoms with Crippen LogP contribution in [0.2, 0.25) is 0 Å². The molecule has 0 aliphatic heterocycles. The Kier molecular flexibility index (Phi) is 7.31. The lowest BCUT2D eigenvalue weighted by Crippen LogP contribution is -2.18. The van der Waals surface area contributed by atoms with Gasteiger partial charge in [0.1, 0.15) is 0 Å². The van der Waals surface area contributed by atoms with Gasteiger partial charge < -0.3 is 19.2 Å². The average Bonchev–Trinajstić information content (AvgIpc) is 3.46. The second-order valence-corrected chi connectivity index (χ2v) is 7.77. The zero-order valence-corrected chi connectivity index (χ0v) is 18.8. The molecule has 168 valence electrons. The minimum atomic E-state index is -0.646. The third kappa shape index (κ3) is 4.99. The summed E-state index contributed by atoms with van der Waals surface area (Å²) >= 11 is 1.18. The van der Waals surface area contributed by atoms with Gasteiger partial charge in [0.25, 0.3) is 0 Å². The van der Waals surface area contributed by atoms with Gasteiger partial charge >= 0.3 is 11.9 Å². The molecule has 0 aliphatic rings. The molecule has 0 atom stereocenters. The fourth-order valence-electron chi connectivity index (χ4n) is 2.91. The highest BCUT2D eigenvalue weighted by Crippen LogP contribution is 2.28. The molecule has 11 heteroatoms. The summed E-state index contributed by atoms with van der Waals surface area (Å²) in [7, 11) is 2.47. The number of nitrogens with one attached hydrogen (secondary N) is 1. The Labute approximate surface area is 188 Å². The van der Waals surface area contributed by atoms with E-state index < -0.39 is 17.8 Å². The number of methoxy groups -OCH3 is 2. The van der Waals surface area contributed by atoms with Crippen LogP contribution in [-0.2, 0) is 14.3 Å². The van der Waals surface area contributed by atoms with Gasteiger partial charge in [-0.05, 0) is 44.2 Å².